The van der Waals surface area contributed by atoms with E-state index < -0.39 is 10.9 Å². The number of hydrogen-bond donors (Lipinski definition) is 0. The number of rotatable bonds is 4. The van der Waals surface area contributed by atoms with E-state index >= 15 is 0 Å². The molecule has 0 aromatic heterocycles. The topological polar surface area (TPSA) is 69.4 Å². The average molecular weight is 173 g/mol. The highest BCUT2D eigenvalue weighted by Gasteiger charge is 2.10. The molecule has 0 rings (SSSR count). The molecule has 0 unspecified atom stereocenters. The third kappa shape index (κ3) is 3.70. The molecule has 0 bridgehead atoms. The molecule has 0 aromatic rings. The highest BCUT2D eigenvalue weighted by molar-refractivity contribution is 5.82. The van der Waals surface area contributed by atoms with Gasteiger partial charge < -0.3 is 4.74 Å². The summed E-state index contributed by atoms with van der Waals surface area (Å²) >= 11 is 0. The van der Waals surface area contributed by atoms with E-state index in [-0.39, 0.29) is 18.7 Å². The van der Waals surface area contributed by atoms with Crippen LogP contribution >= 0.6 is 0 Å². The largest absolute Gasteiger partial charge is 0.463 e. The van der Waals surface area contributed by atoms with E-state index in [4.69, 9.17) is 0 Å². The maximum absolute atomic E-state index is 10.7. The van der Waals surface area contributed by atoms with Gasteiger partial charge in [-0.05, 0) is 6.92 Å². The van der Waals surface area contributed by atoms with Crippen molar-refractivity contribution in [1.29, 1.82) is 0 Å². The molecule has 0 N–H and O–H groups in total. The highest BCUT2D eigenvalue weighted by atomic mass is 16.6. The maximum atomic E-state index is 10.7. The van der Waals surface area contributed by atoms with Gasteiger partial charge >= 0.3 is 5.97 Å². The standard InChI is InChI=1S/C7H11NO4/c1-3-6(8(10)11)5-7(9)12-4-2/h5H,3-4H2,1-2H3. The van der Waals surface area contributed by atoms with Crippen molar-refractivity contribution in [2.75, 3.05) is 6.61 Å². The second kappa shape index (κ2) is 5.29. The van der Waals surface area contributed by atoms with Crippen LogP contribution in [-0.2, 0) is 9.53 Å². The van der Waals surface area contributed by atoms with Gasteiger partial charge in [0.05, 0.1) is 17.6 Å². The van der Waals surface area contributed by atoms with Crippen LogP contribution in [0.5, 0.6) is 0 Å². The van der Waals surface area contributed by atoms with E-state index in [1.54, 1.807) is 13.8 Å². The summed E-state index contributed by atoms with van der Waals surface area (Å²) in [6, 6.07) is 0. The Balaban J connectivity index is 4.28. The van der Waals surface area contributed by atoms with Gasteiger partial charge in [0.25, 0.3) is 5.70 Å². The molecule has 68 valence electrons. The van der Waals surface area contributed by atoms with Crippen LogP contribution in [0, 0.1) is 10.1 Å². The van der Waals surface area contributed by atoms with E-state index in [0.29, 0.717) is 0 Å². The lowest BCUT2D eigenvalue weighted by Crippen LogP contribution is -2.05. The number of hydrogen-bond acceptors (Lipinski definition) is 4. The van der Waals surface area contributed by atoms with Crippen molar-refractivity contribution in [3.8, 4) is 0 Å². The molecule has 0 aliphatic rings. The predicted octanol–water partition coefficient (Wildman–Crippen LogP) is 1.12. The Morgan fingerprint density at radius 3 is 2.50 bits per heavy atom. The Morgan fingerprint density at radius 1 is 1.58 bits per heavy atom. The molecule has 5 nitrogen and oxygen atoms in total. The van der Waals surface area contributed by atoms with Crippen molar-refractivity contribution in [2.45, 2.75) is 20.3 Å². The van der Waals surface area contributed by atoms with Gasteiger partial charge in [-0.25, -0.2) is 4.79 Å². The van der Waals surface area contributed by atoms with Crippen molar-refractivity contribution in [3.05, 3.63) is 21.9 Å². The fourth-order valence-electron chi connectivity index (χ4n) is 0.604. The number of esters is 1. The Morgan fingerprint density at radius 2 is 2.17 bits per heavy atom. The van der Waals surface area contributed by atoms with Crippen molar-refractivity contribution in [3.63, 3.8) is 0 Å². The van der Waals surface area contributed by atoms with E-state index in [1.165, 1.54) is 0 Å². The first kappa shape index (κ1) is 10.6. The smallest absolute Gasteiger partial charge is 0.337 e. The molecule has 0 spiro atoms. The van der Waals surface area contributed by atoms with E-state index in [2.05, 4.69) is 4.74 Å². The van der Waals surface area contributed by atoms with Gasteiger partial charge in [-0.2, -0.15) is 0 Å². The molecule has 0 aromatic carbocycles. The fourth-order valence-corrected chi connectivity index (χ4v) is 0.604. The lowest BCUT2D eigenvalue weighted by atomic mass is 10.3. The Labute approximate surface area is 70.2 Å². The van der Waals surface area contributed by atoms with Gasteiger partial charge in [0.15, 0.2) is 0 Å². The second-order valence-corrected chi connectivity index (χ2v) is 2.00. The fraction of sp³-hybridized carbons (Fsp3) is 0.571. The molecule has 0 saturated heterocycles. The van der Waals surface area contributed by atoms with Gasteiger partial charge in [0.2, 0.25) is 0 Å². The number of carbonyl (C=O) groups is 1. The van der Waals surface area contributed by atoms with Gasteiger partial charge in [-0.15, -0.1) is 0 Å². The molecule has 0 amide bonds. The van der Waals surface area contributed by atoms with Crippen molar-refractivity contribution < 1.29 is 14.5 Å². The quantitative estimate of drug-likeness (QED) is 0.276. The van der Waals surface area contributed by atoms with Crippen LogP contribution in [-0.4, -0.2) is 17.5 Å². The molecule has 0 atom stereocenters. The zero-order chi connectivity index (χ0) is 9.56. The summed E-state index contributed by atoms with van der Waals surface area (Å²) in [4.78, 5) is 20.3. The summed E-state index contributed by atoms with van der Waals surface area (Å²) in [7, 11) is 0. The second-order valence-electron chi connectivity index (χ2n) is 2.00. The Bertz CT molecular complexity index is 209. The van der Waals surface area contributed by atoms with Crippen LogP contribution in [0.4, 0.5) is 0 Å². The summed E-state index contributed by atoms with van der Waals surface area (Å²) in [5.41, 5.74) is -0.131. The summed E-state index contributed by atoms with van der Waals surface area (Å²) in [5, 5.41) is 10.2. The first-order valence-electron chi connectivity index (χ1n) is 3.63. The van der Waals surface area contributed by atoms with Crippen LogP contribution in [0.3, 0.4) is 0 Å². The molecule has 12 heavy (non-hydrogen) atoms. The first-order chi connectivity index (χ1) is 5.61. The predicted molar refractivity (Wildman–Crippen MR) is 42.0 cm³/mol. The van der Waals surface area contributed by atoms with Gasteiger partial charge in [0, 0.05) is 6.42 Å². The van der Waals surface area contributed by atoms with E-state index in [9.17, 15) is 14.9 Å². The molecule has 0 saturated carbocycles. The minimum Gasteiger partial charge on any atom is -0.463 e. The third-order valence-electron chi connectivity index (χ3n) is 1.17. The number of allylic oxidation sites excluding steroid dienone is 1. The number of ether oxygens (including phenoxy) is 1. The molecular formula is C7H11NO4. The van der Waals surface area contributed by atoms with Crippen LogP contribution in [0.2, 0.25) is 0 Å². The lowest BCUT2D eigenvalue weighted by molar-refractivity contribution is -0.427. The molecular weight excluding hydrogens is 162 g/mol. The number of carbonyl (C=O) groups excluding carboxylic acids is 1. The first-order valence-corrected chi connectivity index (χ1v) is 3.63. The third-order valence-corrected chi connectivity index (χ3v) is 1.17. The summed E-state index contributed by atoms with van der Waals surface area (Å²) in [6.07, 6.45) is 1.12. The van der Waals surface area contributed by atoms with Crippen LogP contribution in [0.1, 0.15) is 20.3 Å². The summed E-state index contributed by atoms with van der Waals surface area (Å²) < 4.78 is 4.50. The molecule has 0 fully saturated rings. The monoisotopic (exact) mass is 173 g/mol. The zero-order valence-corrected chi connectivity index (χ0v) is 7.07. The van der Waals surface area contributed by atoms with E-state index in [0.717, 1.165) is 6.08 Å². The van der Waals surface area contributed by atoms with Crippen LogP contribution in [0.25, 0.3) is 0 Å². The normalized spacial score (nSPS) is 11.0. The van der Waals surface area contributed by atoms with Gasteiger partial charge in [0.1, 0.15) is 0 Å². The van der Waals surface area contributed by atoms with E-state index in [1.807, 2.05) is 0 Å². The summed E-state index contributed by atoms with van der Waals surface area (Å²) in [5.74, 6) is -0.661. The minimum absolute atomic E-state index is 0.131. The average Bonchev–Trinajstić information content (AvgIpc) is 2.00. The zero-order valence-electron chi connectivity index (χ0n) is 7.07. The van der Waals surface area contributed by atoms with Gasteiger partial charge in [-0.1, -0.05) is 6.92 Å². The maximum Gasteiger partial charge on any atom is 0.337 e. The van der Waals surface area contributed by atoms with Crippen LogP contribution < -0.4 is 0 Å². The molecule has 5 heteroatoms. The minimum atomic E-state index is -0.661. The molecule has 0 aliphatic carbocycles. The Kier molecular flexibility index (Phi) is 4.67. The highest BCUT2D eigenvalue weighted by Crippen LogP contribution is 2.01. The number of nitrogens with zero attached hydrogens (tertiary/aromatic N) is 1. The number of nitro groups is 1. The van der Waals surface area contributed by atoms with Crippen molar-refractivity contribution in [2.24, 2.45) is 0 Å². The van der Waals surface area contributed by atoms with Crippen molar-refractivity contribution in [1.82, 2.24) is 0 Å². The molecule has 0 aliphatic heterocycles. The SMILES string of the molecule is CCOC(=O)C=C(CC)[N+](=O)[O-]. The van der Waals surface area contributed by atoms with Crippen molar-refractivity contribution >= 4 is 5.97 Å². The summed E-state index contributed by atoms with van der Waals surface area (Å²) in [6.45, 7) is 3.47. The molecule has 0 radical (unpaired) electrons. The lowest BCUT2D eigenvalue weighted by Gasteiger charge is -1.95. The Hall–Kier alpha value is -1.39. The molecule has 0 heterocycles. The van der Waals surface area contributed by atoms with Gasteiger partial charge in [-0.3, -0.25) is 10.1 Å². The van der Waals surface area contributed by atoms with Crippen LogP contribution in [0.15, 0.2) is 11.8 Å².